The zero-order chi connectivity index (χ0) is 25.3. The van der Waals surface area contributed by atoms with Gasteiger partial charge in [-0.1, -0.05) is 0 Å². The minimum atomic E-state index is -4.63. The van der Waals surface area contributed by atoms with Crippen molar-refractivity contribution >= 4 is 16.8 Å². The van der Waals surface area contributed by atoms with Crippen LogP contribution in [-0.4, -0.2) is 33.0 Å². The number of carbonyl (C=O) groups excluding carboxylic acids is 1. The Morgan fingerprint density at radius 1 is 1.14 bits per heavy atom. The van der Waals surface area contributed by atoms with Gasteiger partial charge in [0, 0.05) is 34.9 Å². The van der Waals surface area contributed by atoms with E-state index in [2.05, 4.69) is 25.3 Å². The summed E-state index contributed by atoms with van der Waals surface area (Å²) >= 11 is 0. The Hall–Kier alpha value is -4.06. The minimum Gasteiger partial charge on any atom is -0.494 e. The van der Waals surface area contributed by atoms with Gasteiger partial charge >= 0.3 is 6.18 Å². The topological polar surface area (TPSA) is 129 Å². The molecule has 3 heterocycles. The lowest BCUT2D eigenvalue weighted by Crippen LogP contribution is -2.25. The molecule has 182 valence electrons. The number of nitrogens with two attached hydrogens (primary N) is 1. The first-order chi connectivity index (χ1) is 16.6. The number of carbonyl (C=O) groups is 1. The number of ether oxygens (including phenoxy) is 1. The molecule has 0 bridgehead atoms. The molecule has 0 aliphatic rings. The quantitative estimate of drug-likeness (QED) is 0.422. The first kappa shape index (κ1) is 24.1. The van der Waals surface area contributed by atoms with Gasteiger partial charge in [-0.25, -0.2) is 19.9 Å². The van der Waals surface area contributed by atoms with Gasteiger partial charge < -0.3 is 20.2 Å². The SMILES string of the molecule is COc1ccc(-c2nc(C(=O)NCc3cnc(C)nc3C)c(CN)o2)c2ccc(C(F)(F)F)nc12. The average Bonchev–Trinajstić information content (AvgIpc) is 3.26. The Kier molecular flexibility index (Phi) is 6.39. The number of hydrogen-bond donors (Lipinski definition) is 2. The van der Waals surface area contributed by atoms with Gasteiger partial charge in [-0.15, -0.1) is 0 Å². The van der Waals surface area contributed by atoms with Gasteiger partial charge in [-0.3, -0.25) is 4.79 Å². The van der Waals surface area contributed by atoms with Crippen LogP contribution in [0.3, 0.4) is 0 Å². The summed E-state index contributed by atoms with van der Waals surface area (Å²) in [6.45, 7) is 3.62. The standard InChI is InChI=1S/C23H21F3N6O3/c1-11-13(9-28-12(2)30-11)10-29-21(33)20-17(8-27)35-22(32-20)15-4-6-16(34-3)19-14(15)5-7-18(31-19)23(24,25)26/h4-7,9H,8,10,27H2,1-3H3,(H,29,33). The van der Waals surface area contributed by atoms with Gasteiger partial charge in [0.05, 0.1) is 13.7 Å². The Morgan fingerprint density at radius 2 is 1.91 bits per heavy atom. The van der Waals surface area contributed by atoms with Crippen molar-refractivity contribution in [3.63, 3.8) is 0 Å². The summed E-state index contributed by atoms with van der Waals surface area (Å²) in [5.41, 5.74) is 6.44. The summed E-state index contributed by atoms with van der Waals surface area (Å²) < 4.78 is 50.5. The zero-order valence-electron chi connectivity index (χ0n) is 19.0. The number of hydrogen-bond acceptors (Lipinski definition) is 8. The molecule has 1 aromatic carbocycles. The lowest BCUT2D eigenvalue weighted by atomic mass is 10.1. The smallest absolute Gasteiger partial charge is 0.433 e. The first-order valence-corrected chi connectivity index (χ1v) is 10.4. The number of rotatable bonds is 6. The van der Waals surface area contributed by atoms with Crippen LogP contribution in [0.1, 0.15) is 39.0 Å². The molecule has 9 nitrogen and oxygen atoms in total. The van der Waals surface area contributed by atoms with Crippen LogP contribution in [0, 0.1) is 13.8 Å². The summed E-state index contributed by atoms with van der Waals surface area (Å²) in [6.07, 6.45) is -3.00. The molecule has 0 aliphatic carbocycles. The number of nitrogens with one attached hydrogen (secondary N) is 1. The molecule has 12 heteroatoms. The molecular formula is C23H21F3N6O3. The molecule has 4 aromatic rings. The molecule has 35 heavy (non-hydrogen) atoms. The molecule has 0 saturated carbocycles. The summed E-state index contributed by atoms with van der Waals surface area (Å²) in [6, 6.07) is 5.14. The number of aromatic nitrogens is 4. The van der Waals surface area contributed by atoms with Gasteiger partial charge in [-0.2, -0.15) is 13.2 Å². The number of aryl methyl sites for hydroxylation is 2. The van der Waals surface area contributed by atoms with Crippen molar-refractivity contribution in [1.29, 1.82) is 0 Å². The molecule has 3 N–H and O–H groups in total. The van der Waals surface area contributed by atoms with E-state index in [0.717, 1.165) is 17.3 Å². The maximum atomic E-state index is 13.2. The monoisotopic (exact) mass is 486 g/mol. The van der Waals surface area contributed by atoms with Crippen molar-refractivity contribution in [3.05, 3.63) is 64.7 Å². The largest absolute Gasteiger partial charge is 0.494 e. The molecule has 0 spiro atoms. The Bertz CT molecular complexity index is 1420. The van der Waals surface area contributed by atoms with Gasteiger partial charge in [0.1, 0.15) is 22.8 Å². The predicted molar refractivity (Wildman–Crippen MR) is 119 cm³/mol. The lowest BCUT2D eigenvalue weighted by molar-refractivity contribution is -0.140. The van der Waals surface area contributed by atoms with E-state index in [1.54, 1.807) is 19.2 Å². The highest BCUT2D eigenvalue weighted by atomic mass is 19.4. The van der Waals surface area contributed by atoms with Crippen molar-refractivity contribution in [2.24, 2.45) is 5.73 Å². The number of fused-ring (bicyclic) bond motifs is 1. The number of benzene rings is 1. The fourth-order valence-electron chi connectivity index (χ4n) is 3.52. The third kappa shape index (κ3) is 4.78. The van der Waals surface area contributed by atoms with Crippen LogP contribution >= 0.6 is 0 Å². The highest BCUT2D eigenvalue weighted by Gasteiger charge is 2.33. The molecule has 0 aliphatic heterocycles. The number of alkyl halides is 3. The molecule has 3 aromatic heterocycles. The second-order valence-corrected chi connectivity index (χ2v) is 7.61. The number of pyridine rings is 1. The average molecular weight is 486 g/mol. The summed E-state index contributed by atoms with van der Waals surface area (Å²) in [7, 11) is 1.33. The third-order valence-electron chi connectivity index (χ3n) is 5.30. The van der Waals surface area contributed by atoms with Gasteiger partial charge in [0.2, 0.25) is 5.89 Å². The van der Waals surface area contributed by atoms with E-state index in [0.29, 0.717) is 16.8 Å². The van der Waals surface area contributed by atoms with E-state index in [4.69, 9.17) is 14.9 Å². The molecule has 4 rings (SSSR count). The summed E-state index contributed by atoms with van der Waals surface area (Å²) in [5, 5.41) is 3.05. The Balaban J connectivity index is 1.70. The van der Waals surface area contributed by atoms with E-state index in [1.165, 1.54) is 19.2 Å². The number of methoxy groups -OCH3 is 1. The van der Waals surface area contributed by atoms with Gasteiger partial charge in [0.25, 0.3) is 5.91 Å². The van der Waals surface area contributed by atoms with Crippen LogP contribution in [0.5, 0.6) is 5.75 Å². The highest BCUT2D eigenvalue weighted by Crippen LogP contribution is 2.36. The highest BCUT2D eigenvalue weighted by molar-refractivity contribution is 5.98. The predicted octanol–water partition coefficient (Wildman–Crippen LogP) is 3.71. The number of amides is 1. The third-order valence-corrected chi connectivity index (χ3v) is 5.30. The van der Waals surface area contributed by atoms with E-state index in [-0.39, 0.29) is 41.7 Å². The number of halogens is 3. The maximum absolute atomic E-state index is 13.2. The van der Waals surface area contributed by atoms with Crippen LogP contribution in [0.15, 0.2) is 34.9 Å². The molecule has 0 saturated heterocycles. The Morgan fingerprint density at radius 3 is 2.57 bits per heavy atom. The second kappa shape index (κ2) is 9.29. The number of oxazole rings is 1. The van der Waals surface area contributed by atoms with Crippen LogP contribution in [0.25, 0.3) is 22.4 Å². The van der Waals surface area contributed by atoms with Crippen molar-refractivity contribution in [2.75, 3.05) is 7.11 Å². The molecule has 1 amide bonds. The molecule has 0 fully saturated rings. The van der Waals surface area contributed by atoms with Gasteiger partial charge in [-0.05, 0) is 38.1 Å². The van der Waals surface area contributed by atoms with Gasteiger partial charge in [0.15, 0.2) is 11.5 Å². The molecular weight excluding hydrogens is 465 g/mol. The minimum absolute atomic E-state index is 0.0136. The normalized spacial score (nSPS) is 11.6. The van der Waals surface area contributed by atoms with E-state index in [1.807, 2.05) is 6.92 Å². The number of nitrogens with zero attached hydrogens (tertiary/aromatic N) is 4. The fourth-order valence-corrected chi connectivity index (χ4v) is 3.52. The molecule has 0 atom stereocenters. The van der Waals surface area contributed by atoms with Crippen molar-refractivity contribution in [1.82, 2.24) is 25.3 Å². The van der Waals surface area contributed by atoms with Crippen molar-refractivity contribution in [3.8, 4) is 17.2 Å². The fraction of sp³-hybridized carbons (Fsp3) is 0.261. The van der Waals surface area contributed by atoms with E-state index in [9.17, 15) is 18.0 Å². The Labute approximate surface area is 197 Å². The van der Waals surface area contributed by atoms with Crippen LogP contribution in [-0.2, 0) is 19.3 Å². The maximum Gasteiger partial charge on any atom is 0.433 e. The molecule has 0 unspecified atom stereocenters. The zero-order valence-corrected chi connectivity index (χ0v) is 19.0. The summed E-state index contributed by atoms with van der Waals surface area (Å²) in [4.78, 5) is 29.3. The van der Waals surface area contributed by atoms with Crippen LogP contribution in [0.2, 0.25) is 0 Å². The molecule has 0 radical (unpaired) electrons. The van der Waals surface area contributed by atoms with Crippen LogP contribution < -0.4 is 15.8 Å². The van der Waals surface area contributed by atoms with E-state index >= 15 is 0 Å². The van der Waals surface area contributed by atoms with Crippen molar-refractivity contribution in [2.45, 2.75) is 33.1 Å². The lowest BCUT2D eigenvalue weighted by Gasteiger charge is -2.11. The summed E-state index contributed by atoms with van der Waals surface area (Å²) in [5.74, 6) is 0.371. The second-order valence-electron chi connectivity index (χ2n) is 7.61. The first-order valence-electron chi connectivity index (χ1n) is 10.4. The van der Waals surface area contributed by atoms with Crippen LogP contribution in [0.4, 0.5) is 13.2 Å². The van der Waals surface area contributed by atoms with E-state index < -0.39 is 17.8 Å². The van der Waals surface area contributed by atoms with Crippen molar-refractivity contribution < 1.29 is 27.1 Å².